The summed E-state index contributed by atoms with van der Waals surface area (Å²) in [4.78, 5) is 14.1. The highest BCUT2D eigenvalue weighted by atomic mass is 16.6. The summed E-state index contributed by atoms with van der Waals surface area (Å²) in [6.45, 7) is 6.40. The quantitative estimate of drug-likeness (QED) is 0.781. The van der Waals surface area contributed by atoms with Gasteiger partial charge in [0, 0.05) is 12.7 Å². The molecule has 0 aromatic carbocycles. The van der Waals surface area contributed by atoms with E-state index in [1.807, 2.05) is 31.7 Å². The highest BCUT2D eigenvalue weighted by molar-refractivity contribution is 5.69. The molecule has 1 amide bonds. The van der Waals surface area contributed by atoms with Gasteiger partial charge in [0.2, 0.25) is 0 Å². The molecule has 0 spiro atoms. The molecule has 1 aromatic rings. The smallest absolute Gasteiger partial charge is 0.410 e. The van der Waals surface area contributed by atoms with Crippen molar-refractivity contribution in [1.29, 1.82) is 0 Å². The van der Waals surface area contributed by atoms with Gasteiger partial charge in [0.1, 0.15) is 5.60 Å². The van der Waals surface area contributed by atoms with Crippen LogP contribution in [-0.4, -0.2) is 33.3 Å². The third-order valence-corrected chi connectivity index (χ3v) is 3.12. The van der Waals surface area contributed by atoms with E-state index in [0.29, 0.717) is 0 Å². The van der Waals surface area contributed by atoms with E-state index in [9.17, 15) is 4.79 Å². The van der Waals surface area contributed by atoms with Crippen molar-refractivity contribution in [2.45, 2.75) is 51.7 Å². The molecule has 2 rings (SSSR count). The average molecular weight is 263 g/mol. The van der Waals surface area contributed by atoms with Crippen molar-refractivity contribution in [2.75, 3.05) is 6.54 Å². The van der Waals surface area contributed by atoms with Gasteiger partial charge in [-0.05, 0) is 51.7 Å². The van der Waals surface area contributed by atoms with Crippen molar-refractivity contribution in [3.05, 3.63) is 24.0 Å². The molecule has 1 atom stereocenters. The lowest BCUT2D eigenvalue weighted by molar-refractivity contribution is 0.00946. The zero-order valence-corrected chi connectivity index (χ0v) is 11.8. The minimum Gasteiger partial charge on any atom is -0.444 e. The van der Waals surface area contributed by atoms with E-state index in [1.165, 1.54) is 0 Å². The van der Waals surface area contributed by atoms with Crippen molar-refractivity contribution >= 4 is 6.09 Å². The average Bonchev–Trinajstić information content (AvgIpc) is 2.38. The summed E-state index contributed by atoms with van der Waals surface area (Å²) in [7, 11) is 0. The minimum absolute atomic E-state index is 0.0547. The lowest BCUT2D eigenvalue weighted by Crippen LogP contribution is -2.41. The third-order valence-electron chi connectivity index (χ3n) is 3.12. The first-order valence-corrected chi connectivity index (χ1v) is 6.73. The predicted octanol–water partition coefficient (Wildman–Crippen LogP) is 2.94. The molecule has 1 aliphatic rings. The fraction of sp³-hybridized carbons (Fsp3) is 0.643. The molecule has 19 heavy (non-hydrogen) atoms. The SMILES string of the molecule is CC(C)(C)OC(=O)N1CCCCC1c1ccnnc1. The number of carbonyl (C=O) groups excluding carboxylic acids is 1. The molecule has 1 saturated heterocycles. The maximum atomic E-state index is 12.3. The van der Waals surface area contributed by atoms with Gasteiger partial charge in [0.25, 0.3) is 0 Å². The molecular formula is C14H21N3O2. The van der Waals surface area contributed by atoms with Crippen LogP contribution in [0.4, 0.5) is 4.79 Å². The van der Waals surface area contributed by atoms with E-state index in [4.69, 9.17) is 4.74 Å². The second-order valence-corrected chi connectivity index (χ2v) is 5.86. The second kappa shape index (κ2) is 5.55. The molecule has 1 aromatic heterocycles. The number of aromatic nitrogens is 2. The third kappa shape index (κ3) is 3.66. The number of amides is 1. The van der Waals surface area contributed by atoms with Crippen LogP contribution in [0.15, 0.2) is 18.5 Å². The number of ether oxygens (including phenoxy) is 1. The van der Waals surface area contributed by atoms with Crippen LogP contribution in [0, 0.1) is 0 Å². The molecule has 0 radical (unpaired) electrons. The van der Waals surface area contributed by atoms with Gasteiger partial charge in [-0.25, -0.2) is 4.79 Å². The Morgan fingerprint density at radius 3 is 2.79 bits per heavy atom. The maximum Gasteiger partial charge on any atom is 0.410 e. The monoisotopic (exact) mass is 263 g/mol. The summed E-state index contributed by atoms with van der Waals surface area (Å²) < 4.78 is 5.48. The Labute approximate surface area is 114 Å². The first-order chi connectivity index (χ1) is 8.97. The van der Waals surface area contributed by atoms with Gasteiger partial charge in [0.05, 0.1) is 12.2 Å². The van der Waals surface area contributed by atoms with E-state index in [-0.39, 0.29) is 12.1 Å². The lowest BCUT2D eigenvalue weighted by Gasteiger charge is -2.36. The summed E-state index contributed by atoms with van der Waals surface area (Å²) in [6, 6.07) is 1.97. The van der Waals surface area contributed by atoms with Crippen LogP contribution in [-0.2, 0) is 4.74 Å². The number of rotatable bonds is 1. The summed E-state index contributed by atoms with van der Waals surface area (Å²) in [6.07, 6.45) is 6.24. The molecule has 104 valence electrons. The zero-order valence-electron chi connectivity index (χ0n) is 11.8. The Morgan fingerprint density at radius 1 is 1.37 bits per heavy atom. The number of hydrogen-bond acceptors (Lipinski definition) is 4. The van der Waals surface area contributed by atoms with Crippen molar-refractivity contribution in [3.63, 3.8) is 0 Å². The molecule has 0 aliphatic carbocycles. The molecule has 1 fully saturated rings. The number of likely N-dealkylation sites (tertiary alicyclic amines) is 1. The number of hydrogen-bond donors (Lipinski definition) is 0. The number of piperidine rings is 1. The van der Waals surface area contributed by atoms with Gasteiger partial charge in [-0.2, -0.15) is 10.2 Å². The van der Waals surface area contributed by atoms with Crippen LogP contribution in [0.25, 0.3) is 0 Å². The van der Waals surface area contributed by atoms with Crippen LogP contribution in [0.5, 0.6) is 0 Å². The van der Waals surface area contributed by atoms with Crippen LogP contribution in [0.3, 0.4) is 0 Å². The van der Waals surface area contributed by atoms with E-state index in [2.05, 4.69) is 10.2 Å². The molecule has 1 aliphatic heterocycles. The summed E-state index contributed by atoms with van der Waals surface area (Å²) in [5.41, 5.74) is 0.566. The Morgan fingerprint density at radius 2 is 2.16 bits per heavy atom. The summed E-state index contributed by atoms with van der Waals surface area (Å²) in [5, 5.41) is 7.68. The molecule has 0 bridgehead atoms. The van der Waals surface area contributed by atoms with Gasteiger partial charge in [-0.1, -0.05) is 0 Å². The first kappa shape index (κ1) is 13.8. The Kier molecular flexibility index (Phi) is 4.02. The summed E-state index contributed by atoms with van der Waals surface area (Å²) >= 11 is 0. The van der Waals surface area contributed by atoms with Gasteiger partial charge in [-0.15, -0.1) is 0 Å². The second-order valence-electron chi connectivity index (χ2n) is 5.86. The number of nitrogens with zero attached hydrogens (tertiary/aromatic N) is 3. The maximum absolute atomic E-state index is 12.3. The molecular weight excluding hydrogens is 242 g/mol. The fourth-order valence-corrected chi connectivity index (χ4v) is 2.32. The molecule has 0 saturated carbocycles. The Hall–Kier alpha value is -1.65. The van der Waals surface area contributed by atoms with Gasteiger partial charge in [-0.3, -0.25) is 0 Å². The lowest BCUT2D eigenvalue weighted by atomic mass is 9.97. The molecule has 1 unspecified atom stereocenters. The van der Waals surface area contributed by atoms with Crippen LogP contribution in [0.1, 0.15) is 51.6 Å². The first-order valence-electron chi connectivity index (χ1n) is 6.73. The van der Waals surface area contributed by atoms with Crippen molar-refractivity contribution < 1.29 is 9.53 Å². The Balaban J connectivity index is 2.15. The van der Waals surface area contributed by atoms with Crippen molar-refractivity contribution in [2.24, 2.45) is 0 Å². The van der Waals surface area contributed by atoms with E-state index < -0.39 is 5.60 Å². The molecule has 2 heterocycles. The number of carbonyl (C=O) groups is 1. The van der Waals surface area contributed by atoms with Crippen molar-refractivity contribution in [3.8, 4) is 0 Å². The van der Waals surface area contributed by atoms with Gasteiger partial charge >= 0.3 is 6.09 Å². The highest BCUT2D eigenvalue weighted by Gasteiger charge is 2.31. The van der Waals surface area contributed by atoms with Gasteiger partial charge in [0.15, 0.2) is 0 Å². The normalized spacial score (nSPS) is 20.2. The minimum atomic E-state index is -0.463. The molecule has 5 nitrogen and oxygen atoms in total. The largest absolute Gasteiger partial charge is 0.444 e. The predicted molar refractivity (Wildman–Crippen MR) is 71.6 cm³/mol. The van der Waals surface area contributed by atoms with Crippen LogP contribution in [0.2, 0.25) is 0 Å². The topological polar surface area (TPSA) is 55.3 Å². The fourth-order valence-electron chi connectivity index (χ4n) is 2.32. The Bertz CT molecular complexity index is 428. The van der Waals surface area contributed by atoms with Crippen LogP contribution < -0.4 is 0 Å². The highest BCUT2D eigenvalue weighted by Crippen LogP contribution is 2.31. The molecule has 5 heteroatoms. The van der Waals surface area contributed by atoms with E-state index >= 15 is 0 Å². The standard InChI is InChI=1S/C14H21N3O2/c1-14(2,3)19-13(18)17-9-5-4-6-12(17)11-7-8-15-16-10-11/h7-8,10,12H,4-6,9H2,1-3H3. The van der Waals surface area contributed by atoms with E-state index in [1.54, 1.807) is 12.4 Å². The zero-order chi connectivity index (χ0) is 13.9. The molecule has 0 N–H and O–H groups in total. The van der Waals surface area contributed by atoms with Gasteiger partial charge < -0.3 is 9.64 Å². The summed E-state index contributed by atoms with van der Waals surface area (Å²) in [5.74, 6) is 0. The van der Waals surface area contributed by atoms with Crippen LogP contribution >= 0.6 is 0 Å². The van der Waals surface area contributed by atoms with E-state index in [0.717, 1.165) is 31.4 Å². The van der Waals surface area contributed by atoms with Crippen molar-refractivity contribution in [1.82, 2.24) is 15.1 Å².